The van der Waals surface area contributed by atoms with E-state index in [4.69, 9.17) is 16.1 Å². The number of anilines is 1. The SMILES string of the molecule is CSc1nc2ccc(NC(=O)c3c(-c4ccccc4Cl)noc3C)cc2s1. The highest BCUT2D eigenvalue weighted by Crippen LogP contribution is 2.33. The van der Waals surface area contributed by atoms with Crippen LogP contribution < -0.4 is 5.32 Å². The summed E-state index contributed by atoms with van der Waals surface area (Å²) in [7, 11) is 0. The molecule has 2 heterocycles. The highest BCUT2D eigenvalue weighted by molar-refractivity contribution is 8.00. The predicted octanol–water partition coefficient (Wildman–Crippen LogP) is 5.89. The standard InChI is InChI=1S/C19H14ClN3O2S2/c1-10-16(17(23-25-10)12-5-3-4-6-13(12)20)18(24)21-11-7-8-14-15(9-11)27-19(22-14)26-2/h3-9H,1-2H3,(H,21,24). The van der Waals surface area contributed by atoms with Gasteiger partial charge in [-0.15, -0.1) is 11.3 Å². The summed E-state index contributed by atoms with van der Waals surface area (Å²) in [5.74, 6) is 0.142. The zero-order chi connectivity index (χ0) is 19.0. The Hall–Kier alpha value is -2.35. The molecular formula is C19H14ClN3O2S2. The van der Waals surface area contributed by atoms with Gasteiger partial charge in [-0.25, -0.2) is 4.98 Å². The van der Waals surface area contributed by atoms with Crippen LogP contribution in [0.3, 0.4) is 0 Å². The van der Waals surface area contributed by atoms with Crippen molar-refractivity contribution in [3.63, 3.8) is 0 Å². The summed E-state index contributed by atoms with van der Waals surface area (Å²) in [6.45, 7) is 1.71. The summed E-state index contributed by atoms with van der Waals surface area (Å²) in [5.41, 5.74) is 3.06. The van der Waals surface area contributed by atoms with Crippen LogP contribution in [0.1, 0.15) is 16.1 Å². The van der Waals surface area contributed by atoms with Crippen molar-refractivity contribution in [1.82, 2.24) is 10.1 Å². The van der Waals surface area contributed by atoms with Crippen LogP contribution in [0.2, 0.25) is 5.02 Å². The van der Waals surface area contributed by atoms with Crippen molar-refractivity contribution in [3.05, 3.63) is 58.8 Å². The van der Waals surface area contributed by atoms with Gasteiger partial charge in [0.15, 0.2) is 4.34 Å². The number of carbonyl (C=O) groups excluding carboxylic acids is 1. The maximum absolute atomic E-state index is 12.9. The molecule has 0 aliphatic heterocycles. The van der Waals surface area contributed by atoms with Crippen molar-refractivity contribution in [1.29, 1.82) is 0 Å². The van der Waals surface area contributed by atoms with Crippen molar-refractivity contribution in [2.24, 2.45) is 0 Å². The summed E-state index contributed by atoms with van der Waals surface area (Å²) < 4.78 is 7.28. The van der Waals surface area contributed by atoms with Crippen molar-refractivity contribution < 1.29 is 9.32 Å². The number of nitrogens with one attached hydrogen (secondary N) is 1. The third kappa shape index (κ3) is 3.45. The van der Waals surface area contributed by atoms with Gasteiger partial charge in [0.05, 0.1) is 15.2 Å². The van der Waals surface area contributed by atoms with E-state index in [-0.39, 0.29) is 5.91 Å². The Balaban J connectivity index is 1.68. The number of nitrogens with zero attached hydrogens (tertiary/aromatic N) is 2. The van der Waals surface area contributed by atoms with Crippen LogP contribution in [0.5, 0.6) is 0 Å². The lowest BCUT2D eigenvalue weighted by atomic mass is 10.1. The molecule has 0 aliphatic carbocycles. The van der Waals surface area contributed by atoms with E-state index in [0.29, 0.717) is 33.3 Å². The van der Waals surface area contributed by atoms with Gasteiger partial charge in [0.1, 0.15) is 17.0 Å². The van der Waals surface area contributed by atoms with Crippen LogP contribution in [0.4, 0.5) is 5.69 Å². The van der Waals surface area contributed by atoms with Crippen LogP contribution in [0, 0.1) is 6.92 Å². The van der Waals surface area contributed by atoms with Gasteiger partial charge in [-0.2, -0.15) is 0 Å². The van der Waals surface area contributed by atoms with Crippen molar-refractivity contribution in [2.75, 3.05) is 11.6 Å². The first kappa shape index (κ1) is 18.0. The molecule has 2 aromatic carbocycles. The minimum absolute atomic E-state index is 0.294. The zero-order valence-corrected chi connectivity index (χ0v) is 16.8. The van der Waals surface area contributed by atoms with Gasteiger partial charge in [0.2, 0.25) is 0 Å². The van der Waals surface area contributed by atoms with Crippen LogP contribution in [0.25, 0.3) is 21.5 Å². The fraction of sp³-hybridized carbons (Fsp3) is 0.105. The topological polar surface area (TPSA) is 68.0 Å². The summed E-state index contributed by atoms with van der Waals surface area (Å²) in [5, 5.41) is 7.48. The number of carbonyl (C=O) groups is 1. The summed E-state index contributed by atoms with van der Waals surface area (Å²) in [6, 6.07) is 12.9. The molecule has 0 atom stereocenters. The lowest BCUT2D eigenvalue weighted by molar-refractivity contribution is 0.102. The second kappa shape index (κ2) is 7.34. The number of hydrogen-bond donors (Lipinski definition) is 1. The number of rotatable bonds is 4. The molecule has 5 nitrogen and oxygen atoms in total. The first-order valence-corrected chi connectivity index (χ1v) is 10.5. The maximum atomic E-state index is 12.9. The van der Waals surface area contributed by atoms with Crippen molar-refractivity contribution >= 4 is 56.5 Å². The van der Waals surface area contributed by atoms with Gasteiger partial charge < -0.3 is 9.84 Å². The smallest absolute Gasteiger partial charge is 0.261 e. The van der Waals surface area contributed by atoms with E-state index in [2.05, 4.69) is 15.5 Å². The van der Waals surface area contributed by atoms with E-state index in [9.17, 15) is 4.79 Å². The van der Waals surface area contributed by atoms with Gasteiger partial charge in [-0.1, -0.05) is 46.7 Å². The molecule has 4 aromatic rings. The molecule has 0 fully saturated rings. The average molecular weight is 416 g/mol. The molecule has 0 saturated heterocycles. The first-order valence-electron chi connectivity index (χ1n) is 8.04. The molecule has 1 N–H and O–H groups in total. The summed E-state index contributed by atoms with van der Waals surface area (Å²) in [4.78, 5) is 17.4. The Bertz CT molecular complexity index is 1150. The number of thioether (sulfide) groups is 1. The third-order valence-corrected chi connectivity index (χ3v) is 6.35. The molecule has 0 spiro atoms. The predicted molar refractivity (Wildman–Crippen MR) is 111 cm³/mol. The van der Waals surface area contributed by atoms with E-state index in [1.165, 1.54) is 0 Å². The highest BCUT2D eigenvalue weighted by atomic mass is 35.5. The molecule has 2 aromatic heterocycles. The van der Waals surface area contributed by atoms with Crippen LogP contribution in [0.15, 0.2) is 51.3 Å². The van der Waals surface area contributed by atoms with Gasteiger partial charge in [-0.3, -0.25) is 4.79 Å². The normalized spacial score (nSPS) is 11.1. The van der Waals surface area contributed by atoms with E-state index in [0.717, 1.165) is 14.6 Å². The lowest BCUT2D eigenvalue weighted by Gasteiger charge is -2.07. The molecule has 0 bridgehead atoms. The Morgan fingerprint density at radius 2 is 2.07 bits per heavy atom. The summed E-state index contributed by atoms with van der Waals surface area (Å²) >= 11 is 9.46. The maximum Gasteiger partial charge on any atom is 0.261 e. The zero-order valence-electron chi connectivity index (χ0n) is 14.4. The second-order valence-electron chi connectivity index (χ2n) is 5.76. The number of aromatic nitrogens is 2. The fourth-order valence-electron chi connectivity index (χ4n) is 2.74. The number of hydrogen-bond acceptors (Lipinski definition) is 6. The molecule has 136 valence electrons. The van der Waals surface area contributed by atoms with Crippen molar-refractivity contribution in [3.8, 4) is 11.3 Å². The molecule has 27 heavy (non-hydrogen) atoms. The number of halogens is 1. The van der Waals surface area contributed by atoms with Crippen LogP contribution >= 0.6 is 34.7 Å². The minimum atomic E-state index is -0.294. The van der Waals surface area contributed by atoms with E-state index >= 15 is 0 Å². The molecule has 4 rings (SSSR count). The molecule has 1 amide bonds. The number of thiazole rings is 1. The van der Waals surface area contributed by atoms with Gasteiger partial charge in [0.25, 0.3) is 5.91 Å². The minimum Gasteiger partial charge on any atom is -0.360 e. The van der Waals surface area contributed by atoms with Gasteiger partial charge >= 0.3 is 0 Å². The molecule has 0 aliphatic rings. The average Bonchev–Trinajstić information content (AvgIpc) is 3.24. The van der Waals surface area contributed by atoms with Crippen LogP contribution in [-0.4, -0.2) is 22.3 Å². The molecule has 0 unspecified atom stereocenters. The monoisotopic (exact) mass is 415 g/mol. The van der Waals surface area contributed by atoms with E-state index in [1.807, 2.05) is 42.7 Å². The third-order valence-electron chi connectivity index (χ3n) is 4.02. The Morgan fingerprint density at radius 3 is 2.85 bits per heavy atom. The van der Waals surface area contributed by atoms with Gasteiger partial charge in [0, 0.05) is 11.3 Å². The van der Waals surface area contributed by atoms with E-state index in [1.54, 1.807) is 36.1 Å². The number of benzene rings is 2. The fourth-order valence-corrected chi connectivity index (χ4v) is 4.49. The molecule has 0 saturated carbocycles. The Kier molecular flexibility index (Phi) is 4.90. The Morgan fingerprint density at radius 1 is 1.26 bits per heavy atom. The largest absolute Gasteiger partial charge is 0.360 e. The number of aryl methyl sites for hydroxylation is 1. The number of fused-ring (bicyclic) bond motifs is 1. The quantitative estimate of drug-likeness (QED) is 0.421. The first-order chi connectivity index (χ1) is 13.1. The van der Waals surface area contributed by atoms with Crippen LogP contribution in [-0.2, 0) is 0 Å². The van der Waals surface area contributed by atoms with E-state index < -0.39 is 0 Å². The summed E-state index contributed by atoms with van der Waals surface area (Å²) in [6.07, 6.45) is 1.99. The highest BCUT2D eigenvalue weighted by Gasteiger charge is 2.23. The lowest BCUT2D eigenvalue weighted by Crippen LogP contribution is -2.13. The van der Waals surface area contributed by atoms with Crippen molar-refractivity contribution in [2.45, 2.75) is 11.3 Å². The molecular weight excluding hydrogens is 402 g/mol. The second-order valence-corrected chi connectivity index (χ2v) is 8.25. The molecule has 0 radical (unpaired) electrons. The Labute approximate surface area is 168 Å². The molecule has 8 heteroatoms. The van der Waals surface area contributed by atoms with Gasteiger partial charge in [-0.05, 0) is 37.4 Å². The number of amides is 1.